The van der Waals surface area contributed by atoms with Gasteiger partial charge in [0.05, 0.1) is 6.42 Å². The molecule has 1 aromatic rings. The predicted octanol–water partition coefficient (Wildman–Crippen LogP) is 1.49. The number of hydrogen-bond acceptors (Lipinski definition) is 4. The molecule has 0 spiro atoms. The zero-order chi connectivity index (χ0) is 15.0. The highest BCUT2D eigenvalue weighted by atomic mass is 16.2. The van der Waals surface area contributed by atoms with Gasteiger partial charge >= 0.3 is 0 Å². The van der Waals surface area contributed by atoms with Crippen LogP contribution in [0.5, 0.6) is 0 Å². The van der Waals surface area contributed by atoms with E-state index in [4.69, 9.17) is 0 Å². The van der Waals surface area contributed by atoms with Crippen molar-refractivity contribution in [2.75, 3.05) is 0 Å². The van der Waals surface area contributed by atoms with E-state index >= 15 is 0 Å². The van der Waals surface area contributed by atoms with Gasteiger partial charge in [0.1, 0.15) is 0 Å². The van der Waals surface area contributed by atoms with E-state index in [0.29, 0.717) is 11.3 Å². The largest absolute Gasteiger partial charge is 0.353 e. The first kappa shape index (κ1) is 15.8. The van der Waals surface area contributed by atoms with Gasteiger partial charge in [-0.25, -0.2) is 5.43 Å². The van der Waals surface area contributed by atoms with Crippen molar-refractivity contribution in [3.63, 3.8) is 0 Å². The molecule has 1 heterocycles. The molecule has 1 rings (SSSR count). The standard InChI is InChI=1S/C14H20N4O2/c1-4-10(2)16-13(19)9-11(3)17-18-14(20)12-5-7-15-8-6-12/h5-8,10H,4,9H2,1-3H3,(H,16,19)(H,18,20)/b17-11+/t10-/m1/s1. The van der Waals surface area contributed by atoms with E-state index in [1.807, 2.05) is 13.8 Å². The number of amides is 2. The number of nitrogens with zero attached hydrogens (tertiary/aromatic N) is 2. The molecule has 0 saturated carbocycles. The highest BCUT2D eigenvalue weighted by Gasteiger charge is 2.08. The Hall–Kier alpha value is -2.24. The molecule has 0 fully saturated rings. The summed E-state index contributed by atoms with van der Waals surface area (Å²) in [7, 11) is 0. The summed E-state index contributed by atoms with van der Waals surface area (Å²) >= 11 is 0. The second-order valence-corrected chi connectivity index (χ2v) is 4.58. The van der Waals surface area contributed by atoms with Crippen LogP contribution in [0.1, 0.15) is 44.0 Å². The van der Waals surface area contributed by atoms with Gasteiger partial charge in [0.25, 0.3) is 5.91 Å². The van der Waals surface area contributed by atoms with Crippen LogP contribution in [0.15, 0.2) is 29.6 Å². The van der Waals surface area contributed by atoms with Gasteiger partial charge in [-0.2, -0.15) is 5.10 Å². The van der Waals surface area contributed by atoms with Gasteiger partial charge in [-0.05, 0) is 32.4 Å². The van der Waals surface area contributed by atoms with Gasteiger partial charge in [-0.15, -0.1) is 0 Å². The SMILES string of the molecule is CC[C@@H](C)NC(=O)C/C(C)=N/NC(=O)c1ccncc1. The average molecular weight is 276 g/mol. The van der Waals surface area contributed by atoms with Crippen LogP contribution in [0, 0.1) is 0 Å². The van der Waals surface area contributed by atoms with E-state index in [9.17, 15) is 9.59 Å². The molecule has 0 aliphatic heterocycles. The number of carbonyl (C=O) groups excluding carboxylic acids is 2. The van der Waals surface area contributed by atoms with Crippen molar-refractivity contribution in [1.82, 2.24) is 15.7 Å². The fraction of sp³-hybridized carbons (Fsp3) is 0.429. The fourth-order valence-electron chi connectivity index (χ4n) is 1.41. The second kappa shape index (κ2) is 8.04. The second-order valence-electron chi connectivity index (χ2n) is 4.58. The van der Waals surface area contributed by atoms with Crippen molar-refractivity contribution in [2.24, 2.45) is 5.10 Å². The van der Waals surface area contributed by atoms with Crippen molar-refractivity contribution in [3.05, 3.63) is 30.1 Å². The van der Waals surface area contributed by atoms with Crippen LogP contribution < -0.4 is 10.7 Å². The minimum Gasteiger partial charge on any atom is -0.353 e. The molecule has 0 aliphatic rings. The summed E-state index contributed by atoms with van der Waals surface area (Å²) < 4.78 is 0. The molecule has 0 aliphatic carbocycles. The number of carbonyl (C=O) groups is 2. The van der Waals surface area contributed by atoms with E-state index in [2.05, 4.69) is 20.8 Å². The number of hydrogen-bond donors (Lipinski definition) is 2. The summed E-state index contributed by atoms with van der Waals surface area (Å²) in [5.74, 6) is -0.423. The Morgan fingerprint density at radius 1 is 1.35 bits per heavy atom. The number of nitrogens with one attached hydrogen (secondary N) is 2. The lowest BCUT2D eigenvalue weighted by Crippen LogP contribution is -2.33. The Bertz CT molecular complexity index is 485. The van der Waals surface area contributed by atoms with Gasteiger partial charge < -0.3 is 5.32 Å². The van der Waals surface area contributed by atoms with Crippen molar-refractivity contribution in [2.45, 2.75) is 39.7 Å². The van der Waals surface area contributed by atoms with Crippen LogP contribution in [0.2, 0.25) is 0 Å². The van der Waals surface area contributed by atoms with E-state index in [-0.39, 0.29) is 24.3 Å². The van der Waals surface area contributed by atoms with Crippen molar-refractivity contribution < 1.29 is 9.59 Å². The molecule has 2 N–H and O–H groups in total. The molecular formula is C14H20N4O2. The average Bonchev–Trinajstić information content (AvgIpc) is 2.45. The molecular weight excluding hydrogens is 256 g/mol. The molecule has 0 aromatic carbocycles. The first-order chi connectivity index (χ1) is 9.52. The maximum atomic E-state index is 11.7. The maximum absolute atomic E-state index is 11.7. The molecule has 0 unspecified atom stereocenters. The normalized spacial score (nSPS) is 12.7. The molecule has 1 aromatic heterocycles. The monoisotopic (exact) mass is 276 g/mol. The minimum absolute atomic E-state index is 0.0984. The van der Waals surface area contributed by atoms with Gasteiger partial charge in [0, 0.05) is 29.7 Å². The number of pyridine rings is 1. The summed E-state index contributed by atoms with van der Waals surface area (Å²) in [5.41, 5.74) is 3.43. The summed E-state index contributed by atoms with van der Waals surface area (Å²) in [6, 6.07) is 3.33. The molecule has 1 atom stereocenters. The predicted molar refractivity (Wildman–Crippen MR) is 77.3 cm³/mol. The topological polar surface area (TPSA) is 83.5 Å². The Kier molecular flexibility index (Phi) is 6.36. The van der Waals surface area contributed by atoms with Gasteiger partial charge in [0.2, 0.25) is 5.91 Å². The molecule has 0 bridgehead atoms. The third kappa shape index (κ3) is 5.60. The van der Waals surface area contributed by atoms with E-state index in [1.165, 1.54) is 12.4 Å². The first-order valence-corrected chi connectivity index (χ1v) is 6.55. The molecule has 0 saturated heterocycles. The van der Waals surface area contributed by atoms with Crippen LogP contribution in [0.3, 0.4) is 0 Å². The summed E-state index contributed by atoms with van der Waals surface area (Å²) in [4.78, 5) is 27.2. The summed E-state index contributed by atoms with van der Waals surface area (Å²) in [6.07, 6.45) is 4.11. The zero-order valence-corrected chi connectivity index (χ0v) is 12.0. The van der Waals surface area contributed by atoms with E-state index < -0.39 is 0 Å². The number of hydrazone groups is 1. The summed E-state index contributed by atoms with van der Waals surface area (Å²) in [6.45, 7) is 5.64. The number of aromatic nitrogens is 1. The fourth-order valence-corrected chi connectivity index (χ4v) is 1.41. The van der Waals surface area contributed by atoms with Crippen molar-refractivity contribution in [1.29, 1.82) is 0 Å². The highest BCUT2D eigenvalue weighted by Crippen LogP contribution is 1.96. The molecule has 2 amide bonds. The maximum Gasteiger partial charge on any atom is 0.271 e. The molecule has 6 heteroatoms. The Balaban J connectivity index is 2.46. The lowest BCUT2D eigenvalue weighted by Gasteiger charge is -2.10. The van der Waals surface area contributed by atoms with Crippen LogP contribution in [0.25, 0.3) is 0 Å². The quantitative estimate of drug-likeness (QED) is 0.610. The summed E-state index contributed by atoms with van der Waals surface area (Å²) in [5, 5.41) is 6.75. The van der Waals surface area contributed by atoms with Gasteiger partial charge in [-0.3, -0.25) is 14.6 Å². The van der Waals surface area contributed by atoms with Crippen molar-refractivity contribution >= 4 is 17.5 Å². The number of rotatable bonds is 6. The third-order valence-electron chi connectivity index (χ3n) is 2.73. The molecule has 20 heavy (non-hydrogen) atoms. The van der Waals surface area contributed by atoms with Crippen LogP contribution in [0.4, 0.5) is 0 Å². The zero-order valence-electron chi connectivity index (χ0n) is 12.0. The Morgan fingerprint density at radius 2 is 2.00 bits per heavy atom. The third-order valence-corrected chi connectivity index (χ3v) is 2.73. The van der Waals surface area contributed by atoms with E-state index in [1.54, 1.807) is 19.1 Å². The van der Waals surface area contributed by atoms with E-state index in [0.717, 1.165) is 6.42 Å². The molecule has 108 valence electrons. The highest BCUT2D eigenvalue weighted by molar-refractivity contribution is 6.01. The van der Waals surface area contributed by atoms with Gasteiger partial charge in [-0.1, -0.05) is 6.92 Å². The lowest BCUT2D eigenvalue weighted by molar-refractivity contribution is -0.120. The van der Waals surface area contributed by atoms with Crippen LogP contribution in [-0.4, -0.2) is 28.6 Å². The van der Waals surface area contributed by atoms with Crippen LogP contribution in [-0.2, 0) is 4.79 Å². The van der Waals surface area contributed by atoms with Crippen molar-refractivity contribution in [3.8, 4) is 0 Å². The Morgan fingerprint density at radius 3 is 2.60 bits per heavy atom. The Labute approximate surface area is 118 Å². The smallest absolute Gasteiger partial charge is 0.271 e. The first-order valence-electron chi connectivity index (χ1n) is 6.55. The van der Waals surface area contributed by atoms with Crippen LogP contribution >= 0.6 is 0 Å². The lowest BCUT2D eigenvalue weighted by atomic mass is 10.2. The molecule has 0 radical (unpaired) electrons. The minimum atomic E-state index is -0.325. The van der Waals surface area contributed by atoms with Gasteiger partial charge in [0.15, 0.2) is 0 Å². The molecule has 6 nitrogen and oxygen atoms in total.